The zero-order chi connectivity index (χ0) is 14.5. The fourth-order valence-electron chi connectivity index (χ4n) is 1.74. The number of carbonyl (C=O) groups excluding carboxylic acids is 1. The smallest absolute Gasteiger partial charge is 0.305 e. The summed E-state index contributed by atoms with van der Waals surface area (Å²) in [5.74, 6) is -1.24. The minimum atomic E-state index is -0.937. The summed E-state index contributed by atoms with van der Waals surface area (Å²) in [4.78, 5) is 22.4. The number of hydrogen-bond acceptors (Lipinski definition) is 2. The molecular weight excluding hydrogens is 242 g/mol. The van der Waals surface area contributed by atoms with E-state index < -0.39 is 11.5 Å². The van der Waals surface area contributed by atoms with Gasteiger partial charge < -0.3 is 10.4 Å². The van der Waals surface area contributed by atoms with Crippen LogP contribution in [-0.2, 0) is 9.59 Å². The second-order valence-corrected chi connectivity index (χ2v) is 5.19. The van der Waals surface area contributed by atoms with Gasteiger partial charge in [-0.25, -0.2) is 0 Å². The molecule has 1 rings (SSSR count). The van der Waals surface area contributed by atoms with Gasteiger partial charge in [-0.3, -0.25) is 9.59 Å². The lowest BCUT2D eigenvalue weighted by molar-refractivity contribution is -0.138. The fourth-order valence-corrected chi connectivity index (χ4v) is 1.74. The molecule has 0 unspecified atom stereocenters. The molecular formula is C15H19NO3. The van der Waals surface area contributed by atoms with E-state index in [0.29, 0.717) is 0 Å². The molecule has 4 heteroatoms. The molecule has 0 spiro atoms. The summed E-state index contributed by atoms with van der Waals surface area (Å²) >= 11 is 0. The number of nitrogens with one attached hydrogen (secondary N) is 1. The van der Waals surface area contributed by atoms with E-state index in [-0.39, 0.29) is 12.3 Å². The van der Waals surface area contributed by atoms with Gasteiger partial charge in [0.15, 0.2) is 0 Å². The molecule has 0 radical (unpaired) electrons. The van der Waals surface area contributed by atoms with Crippen molar-refractivity contribution in [1.82, 2.24) is 5.32 Å². The lowest BCUT2D eigenvalue weighted by atomic mass is 10.0. The standard InChI is InChI=1S/C15H19NO3/c1-11-5-4-6-12(9-11)7-8-13(17)16-15(2,3)10-14(18)19/h4-9H,10H2,1-3H3,(H,16,17)(H,18,19). The van der Waals surface area contributed by atoms with Crippen molar-refractivity contribution in [1.29, 1.82) is 0 Å². The first-order valence-corrected chi connectivity index (χ1v) is 6.07. The van der Waals surface area contributed by atoms with E-state index in [0.717, 1.165) is 11.1 Å². The zero-order valence-electron chi connectivity index (χ0n) is 11.4. The maximum Gasteiger partial charge on any atom is 0.305 e. The van der Waals surface area contributed by atoms with Crippen molar-refractivity contribution in [2.24, 2.45) is 0 Å². The number of carboxylic acid groups (broad SMARTS) is 1. The number of hydrogen-bond donors (Lipinski definition) is 2. The summed E-state index contributed by atoms with van der Waals surface area (Å²) in [6, 6.07) is 7.76. The first kappa shape index (κ1) is 15.0. The molecule has 0 bridgehead atoms. The van der Waals surface area contributed by atoms with Crippen LogP contribution >= 0.6 is 0 Å². The van der Waals surface area contributed by atoms with Crippen LogP contribution in [0.5, 0.6) is 0 Å². The van der Waals surface area contributed by atoms with Crippen LogP contribution < -0.4 is 5.32 Å². The summed E-state index contributed by atoms with van der Waals surface area (Å²) in [7, 11) is 0. The maximum atomic E-state index is 11.7. The van der Waals surface area contributed by atoms with Gasteiger partial charge in [0.25, 0.3) is 0 Å². The number of carboxylic acids is 1. The highest BCUT2D eigenvalue weighted by Gasteiger charge is 2.22. The molecule has 0 saturated heterocycles. The first-order valence-electron chi connectivity index (χ1n) is 6.07. The highest BCUT2D eigenvalue weighted by Crippen LogP contribution is 2.09. The van der Waals surface area contributed by atoms with Gasteiger partial charge in [0.2, 0.25) is 5.91 Å². The van der Waals surface area contributed by atoms with Crippen molar-refractivity contribution in [3.8, 4) is 0 Å². The molecule has 1 amide bonds. The molecule has 0 fully saturated rings. The molecule has 19 heavy (non-hydrogen) atoms. The Morgan fingerprint density at radius 3 is 2.63 bits per heavy atom. The third kappa shape index (κ3) is 5.86. The Labute approximate surface area is 113 Å². The molecule has 2 N–H and O–H groups in total. The van der Waals surface area contributed by atoms with Gasteiger partial charge in [-0.1, -0.05) is 29.8 Å². The molecule has 4 nitrogen and oxygen atoms in total. The second kappa shape index (κ2) is 6.18. The Hall–Kier alpha value is -2.10. The van der Waals surface area contributed by atoms with Gasteiger partial charge in [0, 0.05) is 11.6 Å². The molecule has 0 aliphatic heterocycles. The molecule has 0 aliphatic carbocycles. The number of aliphatic carboxylic acids is 1. The van der Waals surface area contributed by atoms with E-state index in [2.05, 4.69) is 5.32 Å². The van der Waals surface area contributed by atoms with Gasteiger partial charge in [-0.05, 0) is 32.4 Å². The van der Waals surface area contributed by atoms with Crippen LogP contribution in [0.4, 0.5) is 0 Å². The molecule has 102 valence electrons. The Morgan fingerprint density at radius 2 is 2.05 bits per heavy atom. The van der Waals surface area contributed by atoms with E-state index >= 15 is 0 Å². The van der Waals surface area contributed by atoms with Crippen molar-refractivity contribution >= 4 is 18.0 Å². The SMILES string of the molecule is Cc1cccc(C=CC(=O)NC(C)(C)CC(=O)O)c1. The monoisotopic (exact) mass is 261 g/mol. The van der Waals surface area contributed by atoms with Crippen molar-refractivity contribution < 1.29 is 14.7 Å². The summed E-state index contributed by atoms with van der Waals surface area (Å²) < 4.78 is 0. The Bertz CT molecular complexity index is 504. The normalized spacial score (nSPS) is 11.5. The van der Waals surface area contributed by atoms with Crippen molar-refractivity contribution in [3.05, 3.63) is 41.5 Å². The maximum absolute atomic E-state index is 11.7. The quantitative estimate of drug-likeness (QED) is 0.800. The molecule has 0 aromatic heterocycles. The van der Waals surface area contributed by atoms with Crippen LogP contribution in [-0.4, -0.2) is 22.5 Å². The largest absolute Gasteiger partial charge is 0.481 e. The number of amides is 1. The summed E-state index contributed by atoms with van der Waals surface area (Å²) in [5, 5.41) is 11.4. The average molecular weight is 261 g/mol. The predicted molar refractivity (Wildman–Crippen MR) is 74.7 cm³/mol. The van der Waals surface area contributed by atoms with Crippen molar-refractivity contribution in [2.45, 2.75) is 32.7 Å². The molecule has 0 saturated carbocycles. The Kier molecular flexibility index (Phi) is 4.87. The van der Waals surface area contributed by atoms with E-state index in [1.54, 1.807) is 19.9 Å². The molecule has 0 atom stereocenters. The zero-order valence-corrected chi connectivity index (χ0v) is 11.4. The highest BCUT2D eigenvalue weighted by atomic mass is 16.4. The number of aryl methyl sites for hydroxylation is 1. The van der Waals surface area contributed by atoms with Gasteiger partial charge in [0.05, 0.1) is 6.42 Å². The Balaban J connectivity index is 2.63. The van der Waals surface area contributed by atoms with Crippen LogP contribution in [0.1, 0.15) is 31.4 Å². The minimum absolute atomic E-state index is 0.114. The highest BCUT2D eigenvalue weighted by molar-refractivity contribution is 5.92. The lowest BCUT2D eigenvalue weighted by Gasteiger charge is -2.23. The molecule has 1 aromatic carbocycles. The first-order chi connectivity index (χ1) is 8.78. The van der Waals surface area contributed by atoms with Gasteiger partial charge >= 0.3 is 5.97 Å². The number of carbonyl (C=O) groups is 2. The van der Waals surface area contributed by atoms with Crippen molar-refractivity contribution in [3.63, 3.8) is 0 Å². The van der Waals surface area contributed by atoms with E-state index in [4.69, 9.17) is 5.11 Å². The van der Waals surface area contributed by atoms with Crippen LogP contribution in [0, 0.1) is 6.92 Å². The Morgan fingerprint density at radius 1 is 1.37 bits per heavy atom. The van der Waals surface area contributed by atoms with Crippen LogP contribution in [0.3, 0.4) is 0 Å². The third-order valence-electron chi connectivity index (χ3n) is 2.52. The summed E-state index contributed by atoms with van der Waals surface area (Å²) in [5.41, 5.74) is 1.29. The van der Waals surface area contributed by atoms with Crippen LogP contribution in [0.2, 0.25) is 0 Å². The van der Waals surface area contributed by atoms with Gasteiger partial charge in [0.1, 0.15) is 0 Å². The molecule has 0 heterocycles. The van der Waals surface area contributed by atoms with Gasteiger partial charge in [-0.15, -0.1) is 0 Å². The summed E-state index contributed by atoms with van der Waals surface area (Å²) in [6.07, 6.45) is 3.01. The minimum Gasteiger partial charge on any atom is -0.481 e. The number of rotatable bonds is 5. The van der Waals surface area contributed by atoms with E-state index in [1.807, 2.05) is 31.2 Å². The predicted octanol–water partition coefficient (Wildman–Crippen LogP) is 2.38. The lowest BCUT2D eigenvalue weighted by Crippen LogP contribution is -2.44. The van der Waals surface area contributed by atoms with E-state index in [1.165, 1.54) is 6.08 Å². The average Bonchev–Trinajstić information content (AvgIpc) is 2.24. The fraction of sp³-hybridized carbons (Fsp3) is 0.333. The topological polar surface area (TPSA) is 66.4 Å². The van der Waals surface area contributed by atoms with Crippen molar-refractivity contribution in [2.75, 3.05) is 0 Å². The van der Waals surface area contributed by atoms with Crippen LogP contribution in [0.15, 0.2) is 30.3 Å². The van der Waals surface area contributed by atoms with E-state index in [9.17, 15) is 9.59 Å². The number of benzene rings is 1. The van der Waals surface area contributed by atoms with Crippen LogP contribution in [0.25, 0.3) is 6.08 Å². The molecule has 0 aliphatic rings. The summed E-state index contributed by atoms with van der Waals surface area (Å²) in [6.45, 7) is 5.34. The molecule has 1 aromatic rings. The third-order valence-corrected chi connectivity index (χ3v) is 2.52. The van der Waals surface area contributed by atoms with Gasteiger partial charge in [-0.2, -0.15) is 0 Å². The second-order valence-electron chi connectivity index (χ2n) is 5.19.